The van der Waals surface area contributed by atoms with Crippen molar-refractivity contribution in [2.24, 2.45) is 17.8 Å². The molecule has 0 aromatic heterocycles. The Morgan fingerprint density at radius 3 is 1.61 bits per heavy atom. The van der Waals surface area contributed by atoms with E-state index in [0.29, 0.717) is 5.92 Å². The summed E-state index contributed by atoms with van der Waals surface area (Å²) in [5.74, 6) is 2.71. The molecule has 6 heteroatoms. The van der Waals surface area contributed by atoms with Gasteiger partial charge in [0, 0.05) is 0 Å². The third-order valence-corrected chi connectivity index (χ3v) is 8.52. The van der Waals surface area contributed by atoms with Crippen LogP contribution in [0.1, 0.15) is 100 Å². The zero-order chi connectivity index (χ0) is 25.8. The fraction of sp³-hybridized carbons (Fsp3) is 0.600. The number of ether oxygens (including phenoxy) is 1. The van der Waals surface area contributed by atoms with Crippen LogP contribution in [0.5, 0.6) is 5.75 Å². The van der Waals surface area contributed by atoms with Crippen molar-refractivity contribution in [1.82, 2.24) is 0 Å². The molecule has 1 nitrogen and oxygen atoms in total. The van der Waals surface area contributed by atoms with Crippen LogP contribution in [0.4, 0.5) is 22.0 Å². The molecule has 0 amide bonds. The summed E-state index contributed by atoms with van der Waals surface area (Å²) < 4.78 is 72.1. The fourth-order valence-electron chi connectivity index (χ4n) is 6.05. The maximum Gasteiger partial charge on any atom is 0.426 e. The lowest BCUT2D eigenvalue weighted by Crippen LogP contribution is -2.22. The molecule has 0 saturated heterocycles. The summed E-state index contributed by atoms with van der Waals surface area (Å²) in [6, 6.07) is 9.55. The second-order valence-electron chi connectivity index (χ2n) is 10.9. The maximum atomic E-state index is 14.6. The van der Waals surface area contributed by atoms with E-state index in [-0.39, 0.29) is 11.3 Å². The van der Waals surface area contributed by atoms with Gasteiger partial charge in [0.25, 0.3) is 0 Å². The molecule has 0 unspecified atom stereocenters. The summed E-state index contributed by atoms with van der Waals surface area (Å²) in [6.45, 7) is 2.31. The average molecular weight is 509 g/mol. The highest BCUT2D eigenvalue weighted by molar-refractivity contribution is 5.31. The predicted molar refractivity (Wildman–Crippen MR) is 132 cm³/mol. The topological polar surface area (TPSA) is 9.23 Å². The van der Waals surface area contributed by atoms with E-state index in [9.17, 15) is 22.0 Å². The molecule has 4 rings (SSSR count). The Hall–Kier alpha value is -2.11. The number of alkyl halides is 5. The fourth-order valence-corrected chi connectivity index (χ4v) is 6.05. The summed E-state index contributed by atoms with van der Waals surface area (Å²) in [4.78, 5) is 0. The van der Waals surface area contributed by atoms with Gasteiger partial charge in [0.15, 0.2) is 0 Å². The van der Waals surface area contributed by atoms with Gasteiger partial charge in [0.2, 0.25) is 0 Å². The normalized spacial score (nSPS) is 25.5. The Bertz CT molecular complexity index is 935. The molecular formula is C30H37F5O. The second-order valence-corrected chi connectivity index (χ2v) is 10.9. The van der Waals surface area contributed by atoms with Gasteiger partial charge < -0.3 is 4.74 Å². The van der Waals surface area contributed by atoms with Crippen LogP contribution in [0.15, 0.2) is 48.5 Å². The summed E-state index contributed by atoms with van der Waals surface area (Å²) >= 11 is 0. The molecule has 2 fully saturated rings. The van der Waals surface area contributed by atoms with Crippen LogP contribution in [0.2, 0.25) is 0 Å². The van der Waals surface area contributed by atoms with Crippen molar-refractivity contribution in [3.8, 4) is 5.75 Å². The van der Waals surface area contributed by atoms with Gasteiger partial charge >= 0.3 is 12.3 Å². The van der Waals surface area contributed by atoms with Crippen LogP contribution in [0, 0.1) is 17.8 Å². The second kappa shape index (κ2) is 11.5. The summed E-state index contributed by atoms with van der Waals surface area (Å²) in [5, 5.41) is 0. The van der Waals surface area contributed by atoms with Gasteiger partial charge in [-0.15, -0.1) is 0 Å². The Morgan fingerprint density at radius 2 is 1.11 bits per heavy atom. The monoisotopic (exact) mass is 508 g/mol. The molecule has 36 heavy (non-hydrogen) atoms. The van der Waals surface area contributed by atoms with Gasteiger partial charge in [-0.25, -0.2) is 0 Å². The van der Waals surface area contributed by atoms with Crippen LogP contribution in [0.3, 0.4) is 0 Å². The highest BCUT2D eigenvalue weighted by atomic mass is 19.4. The molecular weight excluding hydrogens is 471 g/mol. The Labute approximate surface area is 211 Å². The van der Waals surface area contributed by atoms with E-state index in [1.807, 2.05) is 0 Å². The molecule has 0 atom stereocenters. The lowest BCUT2D eigenvalue weighted by molar-refractivity contribution is -0.185. The molecule has 0 radical (unpaired) electrons. The number of hydrogen-bond acceptors (Lipinski definition) is 1. The van der Waals surface area contributed by atoms with Crippen molar-refractivity contribution in [2.45, 2.75) is 95.8 Å². The van der Waals surface area contributed by atoms with Crippen molar-refractivity contribution in [2.75, 3.05) is 0 Å². The Morgan fingerprint density at radius 1 is 0.639 bits per heavy atom. The Kier molecular flexibility index (Phi) is 8.62. The minimum atomic E-state index is -4.52. The molecule has 2 aliphatic carbocycles. The molecule has 2 aromatic rings. The van der Waals surface area contributed by atoms with E-state index < -0.39 is 17.8 Å². The first-order valence-corrected chi connectivity index (χ1v) is 13.5. The van der Waals surface area contributed by atoms with Gasteiger partial charge in [-0.2, -0.15) is 22.0 Å². The first-order valence-electron chi connectivity index (χ1n) is 13.5. The molecule has 2 aromatic carbocycles. The molecule has 0 spiro atoms. The van der Waals surface area contributed by atoms with Crippen LogP contribution >= 0.6 is 0 Å². The number of rotatable bonds is 8. The number of hydrogen-bond donors (Lipinski definition) is 0. The van der Waals surface area contributed by atoms with Gasteiger partial charge in [0.1, 0.15) is 5.75 Å². The number of benzene rings is 2. The van der Waals surface area contributed by atoms with E-state index in [4.69, 9.17) is 4.74 Å². The highest BCUT2D eigenvalue weighted by Gasteiger charge is 2.36. The van der Waals surface area contributed by atoms with Crippen molar-refractivity contribution in [3.05, 3.63) is 65.2 Å². The van der Waals surface area contributed by atoms with Crippen LogP contribution in [-0.4, -0.2) is 0 Å². The van der Waals surface area contributed by atoms with E-state index >= 15 is 0 Å². The third kappa shape index (κ3) is 7.01. The average Bonchev–Trinajstić information content (AvgIpc) is 2.88. The predicted octanol–water partition coefficient (Wildman–Crippen LogP) is 10.1. The first kappa shape index (κ1) is 26.9. The molecule has 0 aliphatic heterocycles. The zero-order valence-electron chi connectivity index (χ0n) is 21.0. The van der Waals surface area contributed by atoms with Crippen molar-refractivity contribution < 1.29 is 26.7 Å². The standard InChI is InChI=1S/C30H37F5O/c1-2-21-3-5-22(6-4-21)7-8-23-9-11-24(12-10-23)25-13-15-27(16-14-25)30(34,35)36-28-19-17-26(18-20-28)29(31,32)33/h13-24H,2-12H2,1H3/t21-,22-,23-,24-. The van der Waals surface area contributed by atoms with Crippen molar-refractivity contribution in [3.63, 3.8) is 0 Å². The smallest absolute Gasteiger partial charge is 0.426 e. The van der Waals surface area contributed by atoms with E-state index in [0.717, 1.165) is 60.4 Å². The Balaban J connectivity index is 1.25. The van der Waals surface area contributed by atoms with Gasteiger partial charge in [-0.1, -0.05) is 64.0 Å². The summed E-state index contributed by atoms with van der Waals surface area (Å²) in [6.07, 6.45) is 6.01. The lowest BCUT2D eigenvalue weighted by Gasteiger charge is -2.32. The van der Waals surface area contributed by atoms with Crippen molar-refractivity contribution in [1.29, 1.82) is 0 Å². The molecule has 0 heterocycles. The van der Waals surface area contributed by atoms with Gasteiger partial charge in [-0.3, -0.25) is 0 Å². The molecule has 0 bridgehead atoms. The lowest BCUT2D eigenvalue weighted by atomic mass is 9.74. The minimum absolute atomic E-state index is 0.308. The SMILES string of the molecule is CC[C@H]1CC[C@H](CC[C@H]2CC[C@H](c3ccc(C(F)(F)Oc4ccc(C(F)(F)F)cc4)cc3)CC2)CC1. The quantitative estimate of drug-likeness (QED) is 0.322. The maximum absolute atomic E-state index is 14.6. The van der Waals surface area contributed by atoms with E-state index in [1.165, 1.54) is 69.9 Å². The largest absolute Gasteiger partial charge is 0.429 e. The zero-order valence-corrected chi connectivity index (χ0v) is 21.0. The third-order valence-electron chi connectivity index (χ3n) is 8.52. The summed E-state index contributed by atoms with van der Waals surface area (Å²) in [7, 11) is 0. The van der Waals surface area contributed by atoms with Crippen LogP contribution in [0.25, 0.3) is 0 Å². The minimum Gasteiger partial charge on any atom is -0.429 e. The summed E-state index contributed by atoms with van der Waals surface area (Å²) in [5.41, 5.74) is -0.144. The van der Waals surface area contributed by atoms with Crippen LogP contribution in [-0.2, 0) is 12.3 Å². The molecule has 2 saturated carbocycles. The van der Waals surface area contributed by atoms with Crippen LogP contribution < -0.4 is 4.74 Å². The molecule has 198 valence electrons. The van der Waals surface area contributed by atoms with Gasteiger partial charge in [-0.05, 0) is 91.3 Å². The molecule has 0 N–H and O–H groups in total. The van der Waals surface area contributed by atoms with Crippen molar-refractivity contribution >= 4 is 0 Å². The van der Waals surface area contributed by atoms with E-state index in [2.05, 4.69) is 6.92 Å². The molecule has 2 aliphatic rings. The highest BCUT2D eigenvalue weighted by Crippen LogP contribution is 2.41. The number of halogens is 5. The van der Waals surface area contributed by atoms with E-state index in [1.54, 1.807) is 12.1 Å². The van der Waals surface area contributed by atoms with Gasteiger partial charge in [0.05, 0.1) is 11.1 Å². The first-order chi connectivity index (χ1) is 17.1.